The van der Waals surface area contributed by atoms with Gasteiger partial charge >= 0.3 is 5.97 Å². The maximum absolute atomic E-state index is 13.1. The molecule has 0 unspecified atom stereocenters. The predicted molar refractivity (Wildman–Crippen MR) is 112 cm³/mol. The predicted octanol–water partition coefficient (Wildman–Crippen LogP) is 6.22. The van der Waals surface area contributed by atoms with Gasteiger partial charge in [0.15, 0.2) is 0 Å². The molecule has 0 fully saturated rings. The fourth-order valence-corrected chi connectivity index (χ4v) is 3.47. The summed E-state index contributed by atoms with van der Waals surface area (Å²) in [7, 11) is 0. The van der Waals surface area contributed by atoms with Crippen molar-refractivity contribution in [1.29, 1.82) is 0 Å². The molecule has 0 amide bonds. The first-order chi connectivity index (χ1) is 13.6. The Hall–Kier alpha value is -3.17. The molecular weight excluding hydrogens is 370 g/mol. The van der Waals surface area contributed by atoms with Crippen LogP contribution in [0.5, 0.6) is 0 Å². The van der Waals surface area contributed by atoms with Crippen molar-refractivity contribution >= 4 is 28.5 Å². The highest BCUT2D eigenvalue weighted by atomic mass is 35.5. The van der Waals surface area contributed by atoms with Crippen LogP contribution in [0.25, 0.3) is 22.2 Å². The number of hydrogen-bond acceptors (Lipinski definition) is 3. The van der Waals surface area contributed by atoms with Gasteiger partial charge in [-0.1, -0.05) is 78.3 Å². The van der Waals surface area contributed by atoms with Crippen LogP contribution in [-0.2, 0) is 11.3 Å². The van der Waals surface area contributed by atoms with Gasteiger partial charge in [-0.15, -0.1) is 0 Å². The van der Waals surface area contributed by atoms with Crippen LogP contribution in [0.1, 0.15) is 21.5 Å². The molecule has 0 bridgehead atoms. The molecule has 0 aliphatic heterocycles. The Morgan fingerprint density at radius 3 is 2.39 bits per heavy atom. The third kappa shape index (κ3) is 3.49. The highest BCUT2D eigenvalue weighted by Gasteiger charge is 2.20. The van der Waals surface area contributed by atoms with E-state index in [2.05, 4.69) is 0 Å². The van der Waals surface area contributed by atoms with Crippen molar-refractivity contribution < 1.29 is 9.53 Å². The third-order valence-corrected chi connectivity index (χ3v) is 5.07. The van der Waals surface area contributed by atoms with Gasteiger partial charge in [-0.2, -0.15) is 0 Å². The van der Waals surface area contributed by atoms with Crippen LogP contribution < -0.4 is 0 Å². The molecular formula is C24H18ClNO2. The van der Waals surface area contributed by atoms with Crippen LogP contribution in [0.3, 0.4) is 0 Å². The smallest absolute Gasteiger partial charge is 0.339 e. The number of esters is 1. The molecule has 3 nitrogen and oxygen atoms in total. The van der Waals surface area contributed by atoms with Crippen molar-refractivity contribution in [2.75, 3.05) is 0 Å². The molecule has 0 saturated heterocycles. The molecule has 138 valence electrons. The lowest BCUT2D eigenvalue weighted by Crippen LogP contribution is -2.10. The maximum Gasteiger partial charge on any atom is 0.339 e. The Kier molecular flexibility index (Phi) is 5.09. The number of hydrogen-bond donors (Lipinski definition) is 0. The zero-order chi connectivity index (χ0) is 19.5. The number of pyridine rings is 1. The summed E-state index contributed by atoms with van der Waals surface area (Å²) in [5.41, 5.74) is 4.62. The van der Waals surface area contributed by atoms with E-state index in [0.29, 0.717) is 10.6 Å². The van der Waals surface area contributed by atoms with Crippen LogP contribution in [0.2, 0.25) is 5.02 Å². The summed E-state index contributed by atoms with van der Waals surface area (Å²) in [5, 5.41) is 1.36. The lowest BCUT2D eigenvalue weighted by Gasteiger charge is -2.14. The number of carbonyl (C=O) groups is 1. The summed E-state index contributed by atoms with van der Waals surface area (Å²) in [6.07, 6.45) is 0. The molecule has 4 aromatic rings. The minimum Gasteiger partial charge on any atom is -0.457 e. The van der Waals surface area contributed by atoms with E-state index in [1.165, 1.54) is 0 Å². The molecule has 1 heterocycles. The first-order valence-corrected chi connectivity index (χ1v) is 9.38. The minimum absolute atomic E-state index is 0.120. The number of benzene rings is 3. The van der Waals surface area contributed by atoms with Crippen LogP contribution in [0, 0.1) is 6.92 Å². The third-order valence-electron chi connectivity index (χ3n) is 4.70. The number of rotatable bonds is 4. The second-order valence-electron chi connectivity index (χ2n) is 6.51. The summed E-state index contributed by atoms with van der Waals surface area (Å²) in [4.78, 5) is 17.8. The molecule has 3 aromatic carbocycles. The highest BCUT2D eigenvalue weighted by molar-refractivity contribution is 6.31. The number of nitrogens with zero attached hydrogens (tertiary/aromatic N) is 1. The van der Waals surface area contributed by atoms with Crippen molar-refractivity contribution in [3.05, 3.63) is 101 Å². The Morgan fingerprint density at radius 2 is 1.61 bits per heavy atom. The van der Waals surface area contributed by atoms with Gasteiger partial charge in [0.05, 0.1) is 16.8 Å². The zero-order valence-electron chi connectivity index (χ0n) is 15.4. The quantitative estimate of drug-likeness (QED) is 0.390. The zero-order valence-corrected chi connectivity index (χ0v) is 16.1. The van der Waals surface area contributed by atoms with E-state index in [9.17, 15) is 4.79 Å². The number of carbonyl (C=O) groups excluding carboxylic acids is 1. The van der Waals surface area contributed by atoms with Gasteiger partial charge in [0, 0.05) is 21.5 Å². The molecule has 0 saturated carbocycles. The summed E-state index contributed by atoms with van der Waals surface area (Å²) in [6, 6.07) is 24.8. The van der Waals surface area contributed by atoms with E-state index in [0.717, 1.165) is 33.3 Å². The average Bonchev–Trinajstić information content (AvgIpc) is 2.73. The Balaban J connectivity index is 1.78. The van der Waals surface area contributed by atoms with Crippen molar-refractivity contribution in [2.45, 2.75) is 13.5 Å². The molecule has 4 heteroatoms. The summed E-state index contributed by atoms with van der Waals surface area (Å²) < 4.78 is 5.62. The molecule has 4 rings (SSSR count). The van der Waals surface area contributed by atoms with Gasteiger partial charge in [-0.05, 0) is 24.6 Å². The first kappa shape index (κ1) is 18.2. The number of halogens is 1. The Labute approximate surface area is 168 Å². The van der Waals surface area contributed by atoms with Crippen molar-refractivity contribution in [2.24, 2.45) is 0 Å². The molecule has 0 atom stereocenters. The number of fused-ring (bicyclic) bond motifs is 1. The second kappa shape index (κ2) is 7.83. The van der Waals surface area contributed by atoms with Crippen LogP contribution in [0.4, 0.5) is 0 Å². The van der Waals surface area contributed by atoms with Gasteiger partial charge in [0.2, 0.25) is 0 Å². The van der Waals surface area contributed by atoms with Crippen molar-refractivity contribution in [3.8, 4) is 11.3 Å². The summed E-state index contributed by atoms with van der Waals surface area (Å²) >= 11 is 6.18. The van der Waals surface area contributed by atoms with Crippen LogP contribution in [0.15, 0.2) is 78.9 Å². The van der Waals surface area contributed by atoms with Crippen molar-refractivity contribution in [3.63, 3.8) is 0 Å². The SMILES string of the molecule is Cc1c(-c2ccccc2)nc2ccccc2c1C(=O)OCc1ccccc1Cl. The van der Waals surface area contributed by atoms with E-state index in [1.54, 1.807) is 6.07 Å². The molecule has 0 N–H and O–H groups in total. The van der Waals surface area contributed by atoms with E-state index < -0.39 is 0 Å². The van der Waals surface area contributed by atoms with Crippen LogP contribution in [-0.4, -0.2) is 11.0 Å². The topological polar surface area (TPSA) is 39.2 Å². The largest absolute Gasteiger partial charge is 0.457 e. The fraction of sp³-hybridized carbons (Fsp3) is 0.0833. The highest BCUT2D eigenvalue weighted by Crippen LogP contribution is 2.30. The Morgan fingerprint density at radius 1 is 0.929 bits per heavy atom. The second-order valence-corrected chi connectivity index (χ2v) is 6.92. The van der Waals surface area contributed by atoms with Gasteiger partial charge in [-0.25, -0.2) is 9.78 Å². The van der Waals surface area contributed by atoms with E-state index in [1.807, 2.05) is 79.7 Å². The van der Waals surface area contributed by atoms with E-state index in [4.69, 9.17) is 21.3 Å². The molecule has 28 heavy (non-hydrogen) atoms. The minimum atomic E-state index is -0.381. The summed E-state index contributed by atoms with van der Waals surface area (Å²) in [6.45, 7) is 2.03. The number of ether oxygens (including phenoxy) is 1. The number of aromatic nitrogens is 1. The fourth-order valence-electron chi connectivity index (χ4n) is 3.28. The maximum atomic E-state index is 13.1. The van der Waals surface area contributed by atoms with Crippen LogP contribution >= 0.6 is 11.6 Å². The summed E-state index contributed by atoms with van der Waals surface area (Å²) in [5.74, 6) is -0.381. The monoisotopic (exact) mass is 387 g/mol. The van der Waals surface area contributed by atoms with Gasteiger partial charge < -0.3 is 4.74 Å². The normalized spacial score (nSPS) is 10.8. The standard InChI is InChI=1S/C24H18ClNO2/c1-16-22(24(27)28-15-18-11-5-7-13-20(18)25)19-12-6-8-14-21(19)26-23(16)17-9-3-2-4-10-17/h2-14H,15H2,1H3. The molecule has 1 aromatic heterocycles. The molecule has 0 aliphatic carbocycles. The van der Waals surface area contributed by atoms with E-state index in [-0.39, 0.29) is 12.6 Å². The molecule has 0 aliphatic rings. The van der Waals surface area contributed by atoms with Gasteiger partial charge in [0.25, 0.3) is 0 Å². The lowest BCUT2D eigenvalue weighted by molar-refractivity contribution is 0.0474. The van der Waals surface area contributed by atoms with Crippen molar-refractivity contribution in [1.82, 2.24) is 4.98 Å². The number of para-hydroxylation sites is 1. The van der Waals surface area contributed by atoms with Gasteiger partial charge in [0.1, 0.15) is 6.61 Å². The molecule has 0 radical (unpaired) electrons. The average molecular weight is 388 g/mol. The van der Waals surface area contributed by atoms with E-state index >= 15 is 0 Å². The van der Waals surface area contributed by atoms with Gasteiger partial charge in [-0.3, -0.25) is 0 Å². The Bertz CT molecular complexity index is 1160. The molecule has 0 spiro atoms. The lowest BCUT2D eigenvalue weighted by atomic mass is 9.98. The first-order valence-electron chi connectivity index (χ1n) is 9.00.